The Balaban J connectivity index is 1.98. The average Bonchev–Trinajstić information content (AvgIpc) is 2.87. The number of nitrogens with one attached hydrogen (secondary N) is 1. The van der Waals surface area contributed by atoms with Gasteiger partial charge in [0, 0.05) is 18.7 Å². The van der Waals surface area contributed by atoms with Crippen LogP contribution >= 0.6 is 0 Å². The zero-order valence-electron chi connectivity index (χ0n) is 9.66. The molecule has 86 valence electrons. The molecular formula is C12H18N4. The van der Waals surface area contributed by atoms with Gasteiger partial charge in [-0.15, -0.1) is 0 Å². The Hall–Kier alpha value is -1.00. The van der Waals surface area contributed by atoms with E-state index in [2.05, 4.69) is 17.2 Å². The maximum atomic E-state index is 6.25. The molecule has 0 spiro atoms. The van der Waals surface area contributed by atoms with Crippen LogP contribution in [-0.4, -0.2) is 23.1 Å². The summed E-state index contributed by atoms with van der Waals surface area (Å²) in [5.74, 6) is 1.45. The number of aryl methyl sites for hydroxylation is 1. The van der Waals surface area contributed by atoms with E-state index in [0.29, 0.717) is 5.92 Å². The largest absolute Gasteiger partial charge is 0.320 e. The van der Waals surface area contributed by atoms with E-state index in [-0.39, 0.29) is 5.54 Å². The summed E-state index contributed by atoms with van der Waals surface area (Å²) in [5, 5.41) is 3.35. The number of aromatic nitrogens is 2. The minimum absolute atomic E-state index is 0.251. The second-order valence-electron chi connectivity index (χ2n) is 5.21. The summed E-state index contributed by atoms with van der Waals surface area (Å²) in [5.41, 5.74) is 8.31. The van der Waals surface area contributed by atoms with Gasteiger partial charge in [-0.25, -0.2) is 9.97 Å². The van der Waals surface area contributed by atoms with Crippen LogP contribution in [0.25, 0.3) is 0 Å². The highest BCUT2D eigenvalue weighted by Gasteiger charge is 2.33. The Labute approximate surface area is 95.7 Å². The van der Waals surface area contributed by atoms with Crippen molar-refractivity contribution >= 4 is 0 Å². The minimum Gasteiger partial charge on any atom is -0.320 e. The van der Waals surface area contributed by atoms with E-state index in [1.54, 1.807) is 0 Å². The van der Waals surface area contributed by atoms with E-state index in [0.717, 1.165) is 43.9 Å². The van der Waals surface area contributed by atoms with Crippen LogP contribution in [0.3, 0.4) is 0 Å². The zero-order chi connectivity index (χ0) is 11.2. The third-order valence-corrected chi connectivity index (χ3v) is 3.76. The molecule has 1 aliphatic heterocycles. The fraction of sp³-hybridized carbons (Fsp3) is 0.667. The van der Waals surface area contributed by atoms with Gasteiger partial charge in [0.05, 0.1) is 11.2 Å². The van der Waals surface area contributed by atoms with Crippen LogP contribution < -0.4 is 11.1 Å². The molecule has 0 radical (unpaired) electrons. The molecule has 1 saturated heterocycles. The molecule has 3 rings (SSSR count). The number of hydrogen-bond donors (Lipinski definition) is 2. The molecule has 0 bridgehead atoms. The number of hydrogen-bond acceptors (Lipinski definition) is 4. The third-order valence-electron chi connectivity index (χ3n) is 3.76. The smallest absolute Gasteiger partial charge is 0.133 e. The lowest BCUT2D eigenvalue weighted by atomic mass is 10.0. The predicted octanol–water partition coefficient (Wildman–Crippen LogP) is 0.674. The second kappa shape index (κ2) is 3.50. The van der Waals surface area contributed by atoms with Gasteiger partial charge in [0.15, 0.2) is 0 Å². The molecule has 2 atom stereocenters. The zero-order valence-corrected chi connectivity index (χ0v) is 9.66. The lowest BCUT2D eigenvalue weighted by molar-refractivity contribution is 0.476. The maximum Gasteiger partial charge on any atom is 0.133 e. The van der Waals surface area contributed by atoms with Crippen molar-refractivity contribution in [2.24, 2.45) is 5.73 Å². The van der Waals surface area contributed by atoms with Crippen molar-refractivity contribution in [1.82, 2.24) is 15.3 Å². The SMILES string of the molecule is CC1(N)CCc2cnc(C3CCNC3)nc21. The molecule has 1 aromatic heterocycles. The summed E-state index contributed by atoms with van der Waals surface area (Å²) in [6.07, 6.45) is 5.13. The molecule has 0 amide bonds. The molecule has 1 aromatic rings. The van der Waals surface area contributed by atoms with E-state index in [1.165, 1.54) is 5.56 Å². The lowest BCUT2D eigenvalue weighted by Gasteiger charge is -2.18. The first kappa shape index (κ1) is 10.2. The first-order valence-corrected chi connectivity index (χ1v) is 6.03. The van der Waals surface area contributed by atoms with Gasteiger partial charge in [0.2, 0.25) is 0 Å². The number of nitrogens with two attached hydrogens (primary N) is 1. The topological polar surface area (TPSA) is 63.8 Å². The molecule has 3 N–H and O–H groups in total. The number of fused-ring (bicyclic) bond motifs is 1. The Kier molecular flexibility index (Phi) is 2.23. The van der Waals surface area contributed by atoms with Gasteiger partial charge in [-0.2, -0.15) is 0 Å². The standard InChI is InChI=1S/C12H18N4/c1-12(13)4-2-8-7-15-11(16-10(8)12)9-3-5-14-6-9/h7,9,14H,2-6,13H2,1H3. The lowest BCUT2D eigenvalue weighted by Crippen LogP contribution is -2.31. The fourth-order valence-electron chi connectivity index (χ4n) is 2.68. The normalized spacial score (nSPS) is 33.0. The van der Waals surface area contributed by atoms with Crippen LogP contribution in [-0.2, 0) is 12.0 Å². The van der Waals surface area contributed by atoms with Crippen LogP contribution in [0.4, 0.5) is 0 Å². The van der Waals surface area contributed by atoms with Gasteiger partial charge in [-0.05, 0) is 38.3 Å². The van der Waals surface area contributed by atoms with Crippen LogP contribution in [0.5, 0.6) is 0 Å². The highest BCUT2D eigenvalue weighted by molar-refractivity contribution is 5.31. The molecule has 16 heavy (non-hydrogen) atoms. The molecule has 0 aromatic carbocycles. The first-order valence-electron chi connectivity index (χ1n) is 6.03. The molecule has 0 saturated carbocycles. The van der Waals surface area contributed by atoms with Crippen molar-refractivity contribution in [3.63, 3.8) is 0 Å². The Morgan fingerprint density at radius 2 is 2.44 bits per heavy atom. The summed E-state index contributed by atoms with van der Waals surface area (Å²) >= 11 is 0. The van der Waals surface area contributed by atoms with Crippen molar-refractivity contribution in [1.29, 1.82) is 0 Å². The Bertz CT molecular complexity index is 407. The molecule has 4 heteroatoms. The molecule has 2 heterocycles. The first-order chi connectivity index (χ1) is 7.67. The third kappa shape index (κ3) is 1.53. The van der Waals surface area contributed by atoms with Gasteiger partial charge >= 0.3 is 0 Å². The van der Waals surface area contributed by atoms with Crippen molar-refractivity contribution in [3.8, 4) is 0 Å². The van der Waals surface area contributed by atoms with Crippen molar-refractivity contribution in [2.45, 2.75) is 37.6 Å². The van der Waals surface area contributed by atoms with E-state index >= 15 is 0 Å². The molecule has 4 nitrogen and oxygen atoms in total. The van der Waals surface area contributed by atoms with E-state index in [4.69, 9.17) is 10.7 Å². The van der Waals surface area contributed by atoms with Crippen LogP contribution in [0.15, 0.2) is 6.20 Å². The van der Waals surface area contributed by atoms with Crippen molar-refractivity contribution in [3.05, 3.63) is 23.3 Å². The van der Waals surface area contributed by atoms with Crippen LogP contribution in [0.2, 0.25) is 0 Å². The Morgan fingerprint density at radius 1 is 1.56 bits per heavy atom. The molecular weight excluding hydrogens is 200 g/mol. The second-order valence-corrected chi connectivity index (χ2v) is 5.21. The van der Waals surface area contributed by atoms with Gasteiger partial charge < -0.3 is 11.1 Å². The highest BCUT2D eigenvalue weighted by Crippen LogP contribution is 2.33. The van der Waals surface area contributed by atoms with Crippen LogP contribution in [0.1, 0.15) is 42.8 Å². The van der Waals surface area contributed by atoms with Gasteiger partial charge in [-0.1, -0.05) is 0 Å². The highest BCUT2D eigenvalue weighted by atomic mass is 15.0. The minimum atomic E-state index is -0.251. The molecule has 2 unspecified atom stereocenters. The van der Waals surface area contributed by atoms with Gasteiger partial charge in [-0.3, -0.25) is 0 Å². The summed E-state index contributed by atoms with van der Waals surface area (Å²) in [7, 11) is 0. The van der Waals surface area contributed by atoms with E-state index in [9.17, 15) is 0 Å². The van der Waals surface area contributed by atoms with Crippen molar-refractivity contribution in [2.75, 3.05) is 13.1 Å². The summed E-state index contributed by atoms with van der Waals surface area (Å²) < 4.78 is 0. The summed E-state index contributed by atoms with van der Waals surface area (Å²) in [6.45, 7) is 4.15. The van der Waals surface area contributed by atoms with E-state index < -0.39 is 0 Å². The van der Waals surface area contributed by atoms with Gasteiger partial charge in [0.25, 0.3) is 0 Å². The number of nitrogens with zero attached hydrogens (tertiary/aromatic N) is 2. The Morgan fingerprint density at radius 3 is 3.19 bits per heavy atom. The van der Waals surface area contributed by atoms with Crippen LogP contribution in [0, 0.1) is 0 Å². The maximum absolute atomic E-state index is 6.25. The monoisotopic (exact) mass is 218 g/mol. The molecule has 1 fully saturated rings. The van der Waals surface area contributed by atoms with E-state index in [1.807, 2.05) is 6.20 Å². The molecule has 1 aliphatic carbocycles. The quantitative estimate of drug-likeness (QED) is 0.727. The summed E-state index contributed by atoms with van der Waals surface area (Å²) in [6, 6.07) is 0. The molecule has 2 aliphatic rings. The van der Waals surface area contributed by atoms with Crippen molar-refractivity contribution < 1.29 is 0 Å². The van der Waals surface area contributed by atoms with Gasteiger partial charge in [0.1, 0.15) is 5.82 Å². The summed E-state index contributed by atoms with van der Waals surface area (Å²) in [4.78, 5) is 9.20. The fourth-order valence-corrected chi connectivity index (χ4v) is 2.68. The predicted molar refractivity (Wildman–Crippen MR) is 62.1 cm³/mol. The average molecular weight is 218 g/mol. The number of rotatable bonds is 1.